The van der Waals surface area contributed by atoms with Gasteiger partial charge in [0.2, 0.25) is 0 Å². The molecule has 2 aliphatic rings. The number of nitrogens with zero attached hydrogens (tertiary/aromatic N) is 5. The van der Waals surface area contributed by atoms with Crippen molar-refractivity contribution in [1.29, 1.82) is 0 Å². The van der Waals surface area contributed by atoms with Crippen LogP contribution in [0, 0.1) is 6.92 Å². The summed E-state index contributed by atoms with van der Waals surface area (Å²) >= 11 is 0. The third-order valence-corrected chi connectivity index (χ3v) is 6.23. The molecular weight excluding hydrogens is 378 g/mol. The number of benzene rings is 1. The van der Waals surface area contributed by atoms with Gasteiger partial charge in [-0.05, 0) is 56.0 Å². The van der Waals surface area contributed by atoms with Gasteiger partial charge in [-0.25, -0.2) is 0 Å². The molecule has 7 nitrogen and oxygen atoms in total. The van der Waals surface area contributed by atoms with Gasteiger partial charge >= 0.3 is 0 Å². The summed E-state index contributed by atoms with van der Waals surface area (Å²) in [4.78, 5) is 17.3. The maximum Gasteiger partial charge on any atom is 0.276 e. The van der Waals surface area contributed by atoms with Crippen LogP contribution in [0.4, 0.5) is 0 Å². The van der Waals surface area contributed by atoms with E-state index in [1.807, 2.05) is 34.7 Å². The van der Waals surface area contributed by atoms with Gasteiger partial charge in [-0.1, -0.05) is 29.5 Å². The summed E-state index contributed by atoms with van der Waals surface area (Å²) in [7, 11) is 0. The highest BCUT2D eigenvalue weighted by molar-refractivity contribution is 5.92. The van der Waals surface area contributed by atoms with Crippen LogP contribution in [0.15, 0.2) is 47.0 Å². The van der Waals surface area contributed by atoms with E-state index in [4.69, 9.17) is 4.42 Å². The maximum absolute atomic E-state index is 13.0. The van der Waals surface area contributed by atoms with Gasteiger partial charge in [-0.3, -0.25) is 14.4 Å². The fourth-order valence-corrected chi connectivity index (χ4v) is 4.61. The van der Waals surface area contributed by atoms with E-state index in [-0.39, 0.29) is 5.91 Å². The van der Waals surface area contributed by atoms with E-state index in [9.17, 15) is 4.79 Å². The number of hydrogen-bond acceptors (Lipinski definition) is 5. The first-order chi connectivity index (χ1) is 14.7. The Hall–Kier alpha value is -2.93. The van der Waals surface area contributed by atoms with Crippen LogP contribution in [0.3, 0.4) is 0 Å². The summed E-state index contributed by atoms with van der Waals surface area (Å²) in [5, 5.41) is 8.44. The molecule has 30 heavy (non-hydrogen) atoms. The molecule has 4 heterocycles. The third-order valence-electron chi connectivity index (χ3n) is 6.23. The average molecular weight is 406 g/mol. The second kappa shape index (κ2) is 8.07. The zero-order valence-corrected chi connectivity index (χ0v) is 17.3. The number of fused-ring (bicyclic) bond motifs is 1. The zero-order chi connectivity index (χ0) is 20.5. The Morgan fingerprint density at radius 2 is 2.03 bits per heavy atom. The molecular formula is C23H27N5O2. The van der Waals surface area contributed by atoms with Crippen molar-refractivity contribution in [2.24, 2.45) is 0 Å². The molecule has 0 bridgehead atoms. The Bertz CT molecular complexity index is 1040. The van der Waals surface area contributed by atoms with Gasteiger partial charge in [0.05, 0.1) is 19.3 Å². The highest BCUT2D eigenvalue weighted by Gasteiger charge is 2.27. The second-order valence-corrected chi connectivity index (χ2v) is 8.35. The van der Waals surface area contributed by atoms with E-state index in [1.165, 1.54) is 11.1 Å². The summed E-state index contributed by atoms with van der Waals surface area (Å²) in [6.45, 7) is 5.94. The van der Waals surface area contributed by atoms with E-state index in [0.717, 1.165) is 57.0 Å². The first-order valence-electron chi connectivity index (χ1n) is 10.7. The Labute approximate surface area is 176 Å². The fourth-order valence-electron chi connectivity index (χ4n) is 4.61. The molecule has 0 unspecified atom stereocenters. The third kappa shape index (κ3) is 3.89. The maximum atomic E-state index is 13.0. The summed E-state index contributed by atoms with van der Waals surface area (Å²) in [5.74, 6) is 1.91. The molecule has 0 aliphatic carbocycles. The molecule has 2 aromatic heterocycles. The van der Waals surface area contributed by atoms with E-state index in [2.05, 4.69) is 33.4 Å². The van der Waals surface area contributed by atoms with Crippen LogP contribution >= 0.6 is 0 Å². The Morgan fingerprint density at radius 1 is 1.17 bits per heavy atom. The number of amides is 1. The molecule has 1 saturated heterocycles. The largest absolute Gasteiger partial charge is 0.465 e. The molecule has 1 fully saturated rings. The molecule has 1 amide bonds. The van der Waals surface area contributed by atoms with Crippen molar-refractivity contribution in [2.75, 3.05) is 13.1 Å². The van der Waals surface area contributed by atoms with Crippen LogP contribution in [0.1, 0.15) is 46.0 Å². The van der Waals surface area contributed by atoms with Crippen molar-refractivity contribution in [3.05, 3.63) is 70.9 Å². The predicted octanol–water partition coefficient (Wildman–Crippen LogP) is 3.04. The van der Waals surface area contributed by atoms with Crippen LogP contribution in [0.5, 0.6) is 0 Å². The number of hydrogen-bond donors (Lipinski definition) is 0. The predicted molar refractivity (Wildman–Crippen MR) is 112 cm³/mol. The molecule has 3 aromatic rings. The minimum Gasteiger partial charge on any atom is -0.465 e. The first-order valence-corrected chi connectivity index (χ1v) is 10.7. The van der Waals surface area contributed by atoms with E-state index in [1.54, 1.807) is 6.20 Å². The number of furan rings is 1. The topological polar surface area (TPSA) is 67.4 Å². The van der Waals surface area contributed by atoms with Crippen LogP contribution in [0.2, 0.25) is 0 Å². The van der Waals surface area contributed by atoms with Crippen molar-refractivity contribution in [3.63, 3.8) is 0 Å². The minimum atomic E-state index is -0.0370. The lowest BCUT2D eigenvalue weighted by Gasteiger charge is -2.28. The molecule has 2 aliphatic heterocycles. The summed E-state index contributed by atoms with van der Waals surface area (Å²) < 4.78 is 7.57. The van der Waals surface area contributed by atoms with E-state index in [0.29, 0.717) is 18.3 Å². The van der Waals surface area contributed by atoms with Crippen molar-refractivity contribution in [1.82, 2.24) is 24.8 Å². The monoisotopic (exact) mass is 405 g/mol. The average Bonchev–Trinajstić information content (AvgIpc) is 3.50. The minimum absolute atomic E-state index is 0.0370. The molecule has 156 valence electrons. The van der Waals surface area contributed by atoms with Gasteiger partial charge in [0.15, 0.2) is 5.69 Å². The lowest BCUT2D eigenvalue weighted by Crippen LogP contribution is -2.36. The molecule has 0 N–H and O–H groups in total. The molecule has 0 radical (unpaired) electrons. The highest BCUT2D eigenvalue weighted by atomic mass is 16.3. The molecule has 0 spiro atoms. The molecule has 5 rings (SSSR count). The smallest absolute Gasteiger partial charge is 0.276 e. The lowest BCUT2D eigenvalue weighted by atomic mass is 10.00. The second-order valence-electron chi connectivity index (χ2n) is 8.35. The standard InChI is InChI=1S/C23H27N5O2/c1-17-8-9-21(30-17)15-26-11-4-7-20(26)14-28-16-22(24-25-28)23(29)27-12-10-18-5-2-3-6-19(18)13-27/h2-3,5-6,8-9,16,20H,4,7,10-15H2,1H3/t20-/m0/s1. The fraction of sp³-hybridized carbons (Fsp3) is 0.435. The summed E-state index contributed by atoms with van der Waals surface area (Å²) in [6.07, 6.45) is 4.97. The number of carbonyl (C=O) groups is 1. The first kappa shape index (κ1) is 19.1. The van der Waals surface area contributed by atoms with Crippen LogP contribution in [-0.4, -0.2) is 49.8 Å². The number of likely N-dealkylation sites (tertiary alicyclic amines) is 1. The molecule has 7 heteroatoms. The Balaban J connectivity index is 1.23. The molecule has 0 saturated carbocycles. The van der Waals surface area contributed by atoms with Gasteiger partial charge in [-0.15, -0.1) is 5.10 Å². The number of rotatable bonds is 5. The van der Waals surface area contributed by atoms with Crippen LogP contribution in [0.25, 0.3) is 0 Å². The van der Waals surface area contributed by atoms with Gasteiger partial charge < -0.3 is 9.32 Å². The summed E-state index contributed by atoms with van der Waals surface area (Å²) in [6, 6.07) is 12.8. The number of aromatic nitrogens is 3. The number of aryl methyl sites for hydroxylation is 1. The quantitative estimate of drug-likeness (QED) is 0.653. The Kier molecular flexibility index (Phi) is 5.12. The van der Waals surface area contributed by atoms with Crippen LogP contribution < -0.4 is 0 Å². The number of carbonyl (C=O) groups excluding carboxylic acids is 1. The SMILES string of the molecule is Cc1ccc(CN2CCC[C@H]2Cn2cc(C(=O)N3CCc4ccccc4C3)nn2)o1. The zero-order valence-electron chi connectivity index (χ0n) is 17.3. The van der Waals surface area contributed by atoms with E-state index >= 15 is 0 Å². The Morgan fingerprint density at radius 3 is 2.87 bits per heavy atom. The van der Waals surface area contributed by atoms with Crippen molar-refractivity contribution >= 4 is 5.91 Å². The molecule has 1 aromatic carbocycles. The van der Waals surface area contributed by atoms with Gasteiger partial charge in [-0.2, -0.15) is 0 Å². The van der Waals surface area contributed by atoms with Crippen molar-refractivity contribution in [3.8, 4) is 0 Å². The normalized spacial score (nSPS) is 19.2. The lowest BCUT2D eigenvalue weighted by molar-refractivity contribution is 0.0728. The van der Waals surface area contributed by atoms with Gasteiger partial charge in [0.1, 0.15) is 11.5 Å². The van der Waals surface area contributed by atoms with Crippen LogP contribution in [-0.2, 0) is 26.1 Å². The van der Waals surface area contributed by atoms with Crippen molar-refractivity contribution in [2.45, 2.75) is 51.9 Å². The van der Waals surface area contributed by atoms with E-state index < -0.39 is 0 Å². The highest BCUT2D eigenvalue weighted by Crippen LogP contribution is 2.23. The van der Waals surface area contributed by atoms with Gasteiger partial charge in [0, 0.05) is 19.1 Å². The molecule has 1 atom stereocenters. The van der Waals surface area contributed by atoms with Gasteiger partial charge in [0.25, 0.3) is 5.91 Å². The van der Waals surface area contributed by atoms with Crippen molar-refractivity contribution < 1.29 is 9.21 Å². The summed E-state index contributed by atoms with van der Waals surface area (Å²) in [5.41, 5.74) is 2.98.